The minimum Gasteiger partial charge on any atom is -0.489 e. The lowest BCUT2D eigenvalue weighted by Gasteiger charge is -2.27. The van der Waals surface area contributed by atoms with E-state index in [1.54, 1.807) is 55.5 Å². The zero-order valence-electron chi connectivity index (χ0n) is 18.4. The molecule has 0 saturated heterocycles. The van der Waals surface area contributed by atoms with Gasteiger partial charge in [-0.25, -0.2) is 4.21 Å². The summed E-state index contributed by atoms with van der Waals surface area (Å²) in [7, 11) is 0. The Hall–Kier alpha value is -3.67. The molecule has 7 nitrogen and oxygen atoms in total. The molecule has 3 aromatic rings. The fourth-order valence-corrected chi connectivity index (χ4v) is 3.87. The first-order chi connectivity index (χ1) is 15.9. The van der Waals surface area contributed by atoms with Crippen molar-refractivity contribution in [2.75, 3.05) is 10.8 Å². The Balaban J connectivity index is 1.59. The first-order valence-corrected chi connectivity index (χ1v) is 11.4. The standard InChI is InChI=1S/C25H25N3O4S/c1-18-6-12-23(13-7-18)28(33(30)31)19(2)16-27-25(29)22-4-3-5-24(14-22)32-17-21-10-8-20(15-26)9-11-21/h3-14,19H,16-17H2,1-2H3,(H,27,29)(H,30,31). The van der Waals surface area contributed by atoms with Gasteiger partial charge >= 0.3 is 0 Å². The number of hydrogen-bond acceptors (Lipinski definition) is 4. The van der Waals surface area contributed by atoms with E-state index in [4.69, 9.17) is 10.00 Å². The molecule has 2 unspecified atom stereocenters. The fraction of sp³-hybridized carbons (Fsp3) is 0.200. The maximum atomic E-state index is 12.7. The Labute approximate surface area is 196 Å². The molecule has 33 heavy (non-hydrogen) atoms. The summed E-state index contributed by atoms with van der Waals surface area (Å²) in [6.45, 7) is 4.19. The molecule has 1 amide bonds. The summed E-state index contributed by atoms with van der Waals surface area (Å²) in [5, 5.41) is 11.7. The molecule has 0 aliphatic heterocycles. The molecule has 0 aliphatic rings. The highest BCUT2D eigenvalue weighted by atomic mass is 32.2. The summed E-state index contributed by atoms with van der Waals surface area (Å²) < 4.78 is 28.8. The molecule has 0 aliphatic carbocycles. The van der Waals surface area contributed by atoms with E-state index in [-0.39, 0.29) is 12.5 Å². The van der Waals surface area contributed by atoms with E-state index in [1.165, 1.54) is 4.31 Å². The topological polar surface area (TPSA) is 103 Å². The lowest BCUT2D eigenvalue weighted by atomic mass is 10.1. The van der Waals surface area contributed by atoms with E-state index in [2.05, 4.69) is 11.4 Å². The number of nitrogens with one attached hydrogen (secondary N) is 1. The molecule has 0 spiro atoms. The summed E-state index contributed by atoms with van der Waals surface area (Å²) in [4.78, 5) is 12.7. The van der Waals surface area contributed by atoms with Gasteiger partial charge in [-0.05, 0) is 61.9 Å². The quantitative estimate of drug-likeness (QED) is 0.463. The zero-order valence-corrected chi connectivity index (χ0v) is 19.2. The van der Waals surface area contributed by atoms with Crippen molar-refractivity contribution in [3.8, 4) is 11.8 Å². The molecule has 0 heterocycles. The van der Waals surface area contributed by atoms with E-state index in [9.17, 15) is 13.6 Å². The Morgan fingerprint density at radius 2 is 1.85 bits per heavy atom. The molecule has 8 heteroatoms. The second-order valence-corrected chi connectivity index (χ2v) is 8.43. The Bertz CT molecular complexity index is 1160. The average molecular weight is 464 g/mol. The van der Waals surface area contributed by atoms with Crippen LogP contribution in [0.5, 0.6) is 5.75 Å². The van der Waals surface area contributed by atoms with Gasteiger partial charge in [0.05, 0.1) is 23.4 Å². The van der Waals surface area contributed by atoms with Crippen LogP contribution in [0, 0.1) is 18.3 Å². The molecule has 3 aromatic carbocycles. The number of ether oxygens (including phenoxy) is 1. The van der Waals surface area contributed by atoms with Gasteiger partial charge in [-0.1, -0.05) is 35.9 Å². The van der Waals surface area contributed by atoms with Gasteiger partial charge in [-0.2, -0.15) is 5.26 Å². The van der Waals surface area contributed by atoms with Crippen LogP contribution in [0.25, 0.3) is 0 Å². The van der Waals surface area contributed by atoms with Crippen molar-refractivity contribution >= 4 is 22.9 Å². The summed E-state index contributed by atoms with van der Waals surface area (Å²) in [5.74, 6) is 0.232. The van der Waals surface area contributed by atoms with Crippen LogP contribution in [0.1, 0.15) is 34.0 Å². The van der Waals surface area contributed by atoms with Gasteiger partial charge < -0.3 is 10.1 Å². The minimum absolute atomic E-state index is 0.176. The van der Waals surface area contributed by atoms with Crippen molar-refractivity contribution < 1.29 is 18.3 Å². The molecule has 0 bridgehead atoms. The maximum Gasteiger partial charge on any atom is 0.262 e. The van der Waals surface area contributed by atoms with Crippen LogP contribution in [0.3, 0.4) is 0 Å². The minimum atomic E-state index is -2.23. The van der Waals surface area contributed by atoms with Gasteiger partial charge in [0.1, 0.15) is 12.4 Å². The van der Waals surface area contributed by atoms with Gasteiger partial charge in [0.15, 0.2) is 0 Å². The predicted molar refractivity (Wildman–Crippen MR) is 128 cm³/mol. The molecule has 0 saturated carbocycles. The van der Waals surface area contributed by atoms with Crippen LogP contribution < -0.4 is 14.4 Å². The van der Waals surface area contributed by atoms with Crippen LogP contribution >= 0.6 is 0 Å². The third-order valence-electron chi connectivity index (χ3n) is 5.00. The number of nitrogens with zero attached hydrogens (tertiary/aromatic N) is 2. The third-order valence-corrected chi connectivity index (χ3v) is 5.91. The summed E-state index contributed by atoms with van der Waals surface area (Å²) in [6, 6.07) is 22.8. The average Bonchev–Trinajstić information content (AvgIpc) is 2.83. The van der Waals surface area contributed by atoms with E-state index >= 15 is 0 Å². The normalized spacial score (nSPS) is 12.3. The number of aryl methyl sites for hydroxylation is 1. The fourth-order valence-electron chi connectivity index (χ4n) is 3.18. The maximum absolute atomic E-state index is 12.7. The second kappa shape index (κ2) is 11.3. The highest BCUT2D eigenvalue weighted by Gasteiger charge is 2.20. The zero-order chi connectivity index (χ0) is 23.8. The predicted octanol–water partition coefficient (Wildman–Crippen LogP) is 4.21. The largest absolute Gasteiger partial charge is 0.489 e. The lowest BCUT2D eigenvalue weighted by molar-refractivity contribution is 0.0951. The number of anilines is 1. The number of rotatable bonds is 9. The van der Waals surface area contributed by atoms with E-state index < -0.39 is 17.3 Å². The Morgan fingerprint density at radius 1 is 1.15 bits per heavy atom. The molecule has 170 valence electrons. The summed E-state index contributed by atoms with van der Waals surface area (Å²) in [6.07, 6.45) is 0. The van der Waals surface area contributed by atoms with Crippen LogP contribution in [0.15, 0.2) is 72.8 Å². The smallest absolute Gasteiger partial charge is 0.262 e. The second-order valence-electron chi connectivity index (χ2n) is 7.58. The molecular weight excluding hydrogens is 438 g/mol. The number of carbonyl (C=O) groups excluding carboxylic acids is 1. The lowest BCUT2D eigenvalue weighted by Crippen LogP contribution is -2.43. The van der Waals surface area contributed by atoms with Gasteiger partial charge in [-0.3, -0.25) is 13.7 Å². The highest BCUT2D eigenvalue weighted by Crippen LogP contribution is 2.20. The summed E-state index contributed by atoms with van der Waals surface area (Å²) >= 11 is -2.23. The van der Waals surface area contributed by atoms with E-state index in [1.807, 2.05) is 31.2 Å². The SMILES string of the molecule is Cc1ccc(N(C(C)CNC(=O)c2cccc(OCc3ccc(C#N)cc3)c2)S(=O)O)cc1. The summed E-state index contributed by atoms with van der Waals surface area (Å²) in [5.41, 5.74) is 3.56. The molecule has 0 fully saturated rings. The Kier molecular flexibility index (Phi) is 8.19. The molecule has 3 rings (SSSR count). The van der Waals surface area contributed by atoms with Crippen molar-refractivity contribution in [3.05, 3.63) is 95.1 Å². The van der Waals surface area contributed by atoms with Gasteiger partial charge in [0.25, 0.3) is 17.2 Å². The van der Waals surface area contributed by atoms with Gasteiger partial charge in [0, 0.05) is 12.1 Å². The van der Waals surface area contributed by atoms with Crippen molar-refractivity contribution in [1.82, 2.24) is 5.32 Å². The molecule has 0 radical (unpaired) electrons. The molecule has 0 aromatic heterocycles. The number of amides is 1. The van der Waals surface area contributed by atoms with Crippen LogP contribution in [0.2, 0.25) is 0 Å². The van der Waals surface area contributed by atoms with Crippen molar-refractivity contribution in [1.29, 1.82) is 5.26 Å². The number of hydrogen-bond donors (Lipinski definition) is 2. The highest BCUT2D eigenvalue weighted by molar-refractivity contribution is 7.80. The third kappa shape index (κ3) is 6.65. The first kappa shape index (κ1) is 24.0. The van der Waals surface area contributed by atoms with E-state index in [0.29, 0.717) is 29.2 Å². The van der Waals surface area contributed by atoms with Crippen LogP contribution in [-0.4, -0.2) is 27.3 Å². The number of nitriles is 1. The van der Waals surface area contributed by atoms with Gasteiger partial charge in [0.2, 0.25) is 0 Å². The molecular formula is C25H25N3O4S. The first-order valence-electron chi connectivity index (χ1n) is 10.3. The molecule has 2 atom stereocenters. The number of carbonyl (C=O) groups is 1. The Morgan fingerprint density at radius 3 is 2.48 bits per heavy atom. The monoisotopic (exact) mass is 463 g/mol. The van der Waals surface area contributed by atoms with Crippen molar-refractivity contribution in [3.63, 3.8) is 0 Å². The van der Waals surface area contributed by atoms with Crippen LogP contribution in [0.4, 0.5) is 5.69 Å². The van der Waals surface area contributed by atoms with Crippen LogP contribution in [-0.2, 0) is 17.9 Å². The van der Waals surface area contributed by atoms with Crippen molar-refractivity contribution in [2.24, 2.45) is 0 Å². The van der Waals surface area contributed by atoms with Crippen molar-refractivity contribution in [2.45, 2.75) is 26.5 Å². The number of benzene rings is 3. The van der Waals surface area contributed by atoms with E-state index in [0.717, 1.165) is 11.1 Å². The molecule has 2 N–H and O–H groups in total. The van der Waals surface area contributed by atoms with Gasteiger partial charge in [-0.15, -0.1) is 0 Å².